The maximum absolute atomic E-state index is 10.7. The maximum Gasteiger partial charge on any atom is 0.150 e. The van der Waals surface area contributed by atoms with Gasteiger partial charge in [-0.25, -0.2) is 0 Å². The van der Waals surface area contributed by atoms with Crippen molar-refractivity contribution in [1.82, 2.24) is 0 Å². The van der Waals surface area contributed by atoms with Gasteiger partial charge in [-0.1, -0.05) is 43.3 Å². The van der Waals surface area contributed by atoms with Crippen LogP contribution in [0.2, 0.25) is 0 Å². The van der Waals surface area contributed by atoms with Crippen molar-refractivity contribution in [2.75, 3.05) is 0 Å². The fourth-order valence-electron chi connectivity index (χ4n) is 1.88. The number of aldehydes is 1. The van der Waals surface area contributed by atoms with Gasteiger partial charge in [0.05, 0.1) is 0 Å². The minimum atomic E-state index is 0.102. The molecule has 2 rings (SSSR count). The van der Waals surface area contributed by atoms with Gasteiger partial charge in [0.1, 0.15) is 12.0 Å². The van der Waals surface area contributed by atoms with Crippen molar-refractivity contribution in [3.63, 3.8) is 0 Å². The molecule has 2 heteroatoms. The Kier molecular flexibility index (Phi) is 4.14. The van der Waals surface area contributed by atoms with Crippen LogP contribution in [0.15, 0.2) is 42.5 Å². The SMILES string of the molecule is CCc1ccc(/C=C/c2cc(O)cc(C=O)c2)cc1. The molecule has 0 bridgehead atoms. The third-order valence-corrected chi connectivity index (χ3v) is 2.95. The van der Waals surface area contributed by atoms with E-state index in [9.17, 15) is 9.90 Å². The van der Waals surface area contributed by atoms with Crippen molar-refractivity contribution in [3.8, 4) is 5.75 Å². The Morgan fingerprint density at radius 1 is 0.947 bits per heavy atom. The number of rotatable bonds is 4. The maximum atomic E-state index is 10.7. The molecule has 0 aliphatic rings. The van der Waals surface area contributed by atoms with Crippen molar-refractivity contribution < 1.29 is 9.90 Å². The molecule has 0 fully saturated rings. The number of aryl methyl sites for hydroxylation is 1. The highest BCUT2D eigenvalue weighted by Crippen LogP contribution is 2.17. The van der Waals surface area contributed by atoms with Crippen LogP contribution in [0.25, 0.3) is 12.2 Å². The molecule has 0 aliphatic heterocycles. The number of hydrogen-bond donors (Lipinski definition) is 1. The second kappa shape index (κ2) is 6.01. The van der Waals surface area contributed by atoms with Crippen LogP contribution in [0.1, 0.15) is 34.0 Å². The number of carbonyl (C=O) groups excluding carboxylic acids is 1. The Morgan fingerprint density at radius 2 is 1.58 bits per heavy atom. The van der Waals surface area contributed by atoms with E-state index in [1.165, 1.54) is 11.6 Å². The zero-order valence-electron chi connectivity index (χ0n) is 10.8. The smallest absolute Gasteiger partial charge is 0.150 e. The third-order valence-electron chi connectivity index (χ3n) is 2.95. The molecule has 0 amide bonds. The summed E-state index contributed by atoms with van der Waals surface area (Å²) in [5.41, 5.74) is 3.67. The van der Waals surface area contributed by atoms with Crippen LogP contribution in [-0.2, 0) is 6.42 Å². The van der Waals surface area contributed by atoms with Gasteiger partial charge in [-0.15, -0.1) is 0 Å². The number of phenolic OH excluding ortho intramolecular Hbond substituents is 1. The van der Waals surface area contributed by atoms with Gasteiger partial charge in [0, 0.05) is 5.56 Å². The van der Waals surface area contributed by atoms with E-state index in [0.29, 0.717) is 5.56 Å². The van der Waals surface area contributed by atoms with Crippen molar-refractivity contribution >= 4 is 18.4 Å². The van der Waals surface area contributed by atoms with Gasteiger partial charge in [0.2, 0.25) is 0 Å². The molecule has 0 aromatic heterocycles. The van der Waals surface area contributed by atoms with E-state index in [1.807, 2.05) is 12.2 Å². The molecule has 0 saturated carbocycles. The number of aromatic hydroxyl groups is 1. The molecule has 0 spiro atoms. The highest BCUT2D eigenvalue weighted by molar-refractivity contribution is 5.79. The van der Waals surface area contributed by atoms with E-state index in [-0.39, 0.29) is 5.75 Å². The summed E-state index contributed by atoms with van der Waals surface area (Å²) in [7, 11) is 0. The number of carbonyl (C=O) groups is 1. The molecule has 0 unspecified atom stereocenters. The van der Waals surface area contributed by atoms with Crippen molar-refractivity contribution in [1.29, 1.82) is 0 Å². The van der Waals surface area contributed by atoms with Crippen LogP contribution in [0.4, 0.5) is 0 Å². The molecule has 0 atom stereocenters. The van der Waals surface area contributed by atoms with Crippen LogP contribution in [0.3, 0.4) is 0 Å². The van der Waals surface area contributed by atoms with Crippen LogP contribution in [0.5, 0.6) is 5.75 Å². The molecule has 0 radical (unpaired) electrons. The Hall–Kier alpha value is -2.35. The fourth-order valence-corrected chi connectivity index (χ4v) is 1.88. The van der Waals surface area contributed by atoms with Crippen molar-refractivity contribution in [2.45, 2.75) is 13.3 Å². The van der Waals surface area contributed by atoms with E-state index in [1.54, 1.807) is 12.1 Å². The van der Waals surface area contributed by atoms with Crippen molar-refractivity contribution in [3.05, 3.63) is 64.7 Å². The van der Waals surface area contributed by atoms with E-state index < -0.39 is 0 Å². The summed E-state index contributed by atoms with van der Waals surface area (Å²) in [6.45, 7) is 2.12. The predicted octanol–water partition coefficient (Wildman–Crippen LogP) is 3.94. The number of phenols is 1. The Bertz CT molecular complexity index is 595. The van der Waals surface area contributed by atoms with Crippen LogP contribution in [-0.4, -0.2) is 11.4 Å². The van der Waals surface area contributed by atoms with E-state index >= 15 is 0 Å². The summed E-state index contributed by atoms with van der Waals surface area (Å²) in [6.07, 6.45) is 5.60. The van der Waals surface area contributed by atoms with Crippen LogP contribution >= 0.6 is 0 Å². The summed E-state index contributed by atoms with van der Waals surface area (Å²) < 4.78 is 0. The first-order valence-corrected chi connectivity index (χ1v) is 6.27. The average molecular weight is 252 g/mol. The van der Waals surface area contributed by atoms with Gasteiger partial charge in [-0.2, -0.15) is 0 Å². The third kappa shape index (κ3) is 3.55. The summed E-state index contributed by atoms with van der Waals surface area (Å²) in [5, 5.41) is 9.50. The first-order chi connectivity index (χ1) is 9.21. The molecule has 0 saturated heterocycles. The lowest BCUT2D eigenvalue weighted by atomic mass is 10.1. The molecule has 0 aliphatic carbocycles. The van der Waals surface area contributed by atoms with Gasteiger partial charge < -0.3 is 5.11 Å². The molecule has 2 nitrogen and oxygen atoms in total. The predicted molar refractivity (Wildman–Crippen MR) is 78.2 cm³/mol. The summed E-state index contributed by atoms with van der Waals surface area (Å²) in [6, 6.07) is 13.1. The lowest BCUT2D eigenvalue weighted by molar-refractivity contribution is 0.112. The van der Waals surface area contributed by atoms with Gasteiger partial charge in [-0.3, -0.25) is 4.79 Å². The fraction of sp³-hybridized carbons (Fsp3) is 0.118. The number of benzene rings is 2. The number of hydrogen-bond acceptors (Lipinski definition) is 2. The molecular weight excluding hydrogens is 236 g/mol. The summed E-state index contributed by atoms with van der Waals surface area (Å²) >= 11 is 0. The summed E-state index contributed by atoms with van der Waals surface area (Å²) in [4.78, 5) is 10.7. The largest absolute Gasteiger partial charge is 0.508 e. The Labute approximate surface area is 113 Å². The van der Waals surface area contributed by atoms with E-state index in [4.69, 9.17) is 0 Å². The molecule has 96 valence electrons. The molecule has 1 N–H and O–H groups in total. The zero-order valence-corrected chi connectivity index (χ0v) is 10.8. The second-order valence-electron chi connectivity index (χ2n) is 4.40. The van der Waals surface area contributed by atoms with Gasteiger partial charge in [0.15, 0.2) is 0 Å². The summed E-state index contributed by atoms with van der Waals surface area (Å²) in [5.74, 6) is 0.102. The molecule has 2 aromatic rings. The standard InChI is InChI=1S/C17H16O2/c1-2-13-3-5-14(6-4-13)7-8-15-9-16(12-18)11-17(19)10-15/h3-12,19H,2H2,1H3/b8-7+. The highest BCUT2D eigenvalue weighted by Gasteiger charge is 1.97. The minimum absolute atomic E-state index is 0.102. The average Bonchev–Trinajstić information content (AvgIpc) is 2.45. The van der Waals surface area contributed by atoms with Crippen LogP contribution in [0, 0.1) is 0 Å². The Morgan fingerprint density at radius 3 is 2.21 bits per heavy atom. The highest BCUT2D eigenvalue weighted by atomic mass is 16.3. The second-order valence-corrected chi connectivity index (χ2v) is 4.40. The molecule has 0 heterocycles. The molecular formula is C17H16O2. The topological polar surface area (TPSA) is 37.3 Å². The van der Waals surface area contributed by atoms with Crippen LogP contribution < -0.4 is 0 Å². The van der Waals surface area contributed by atoms with Gasteiger partial charge >= 0.3 is 0 Å². The monoisotopic (exact) mass is 252 g/mol. The van der Waals surface area contributed by atoms with Crippen molar-refractivity contribution in [2.24, 2.45) is 0 Å². The van der Waals surface area contributed by atoms with Gasteiger partial charge in [-0.05, 0) is 41.3 Å². The van der Waals surface area contributed by atoms with Gasteiger partial charge in [0.25, 0.3) is 0 Å². The first-order valence-electron chi connectivity index (χ1n) is 6.27. The zero-order chi connectivity index (χ0) is 13.7. The quantitative estimate of drug-likeness (QED) is 0.661. The molecule has 2 aromatic carbocycles. The first kappa shape index (κ1) is 13.1. The lowest BCUT2D eigenvalue weighted by Crippen LogP contribution is -1.82. The molecule has 19 heavy (non-hydrogen) atoms. The minimum Gasteiger partial charge on any atom is -0.508 e. The van der Waals surface area contributed by atoms with E-state index in [2.05, 4.69) is 31.2 Å². The Balaban J connectivity index is 2.21. The normalized spacial score (nSPS) is 10.8. The van der Waals surface area contributed by atoms with E-state index in [0.717, 1.165) is 23.8 Å². The lowest BCUT2D eigenvalue weighted by Gasteiger charge is -1.99.